The monoisotopic (exact) mass is 425 g/mol. The van der Waals surface area contributed by atoms with Crippen LogP contribution in [0.15, 0.2) is 47.4 Å². The van der Waals surface area contributed by atoms with Crippen molar-refractivity contribution in [2.75, 3.05) is 32.2 Å². The van der Waals surface area contributed by atoms with Crippen LogP contribution >= 0.6 is 0 Å². The molecule has 5 nitrogen and oxygen atoms in total. The molecule has 0 amide bonds. The number of sulfone groups is 1. The molecule has 0 bridgehead atoms. The van der Waals surface area contributed by atoms with Crippen LogP contribution in [0.5, 0.6) is 5.75 Å². The van der Waals surface area contributed by atoms with Crippen molar-refractivity contribution in [3.8, 4) is 5.75 Å². The molecule has 0 radical (unpaired) electrons. The summed E-state index contributed by atoms with van der Waals surface area (Å²) in [5.41, 5.74) is 1.87. The highest BCUT2D eigenvalue weighted by atomic mass is 32.2. The van der Waals surface area contributed by atoms with Crippen LogP contribution in [0.4, 0.5) is 14.5 Å². The minimum atomic E-state index is -4.71. The molecule has 8 heteroatoms. The molecule has 1 N–H and O–H groups in total. The molecular formula is C21H25F2NO4S. The molecule has 0 aromatic heterocycles. The second-order valence-corrected chi connectivity index (χ2v) is 9.14. The zero-order valence-electron chi connectivity index (χ0n) is 16.5. The molecule has 2 aromatic rings. The van der Waals surface area contributed by atoms with E-state index in [1.165, 1.54) is 18.2 Å². The maximum atomic E-state index is 13.1. The number of aryl methyl sites for hydroxylation is 1. The van der Waals surface area contributed by atoms with Crippen LogP contribution in [0.1, 0.15) is 24.0 Å². The molecule has 2 aromatic carbocycles. The lowest BCUT2D eigenvalue weighted by Crippen LogP contribution is -2.40. The van der Waals surface area contributed by atoms with Gasteiger partial charge in [0, 0.05) is 30.7 Å². The van der Waals surface area contributed by atoms with Gasteiger partial charge in [0.1, 0.15) is 5.75 Å². The normalized spacial score (nSPS) is 16.6. The first kappa shape index (κ1) is 21.5. The largest absolute Gasteiger partial charge is 0.496 e. The fourth-order valence-electron chi connectivity index (χ4n) is 3.76. The van der Waals surface area contributed by atoms with Gasteiger partial charge < -0.3 is 14.8 Å². The van der Waals surface area contributed by atoms with Gasteiger partial charge in [-0.05, 0) is 38.0 Å². The van der Waals surface area contributed by atoms with Gasteiger partial charge >= 0.3 is 5.76 Å². The molecular weight excluding hydrogens is 400 g/mol. The van der Waals surface area contributed by atoms with Gasteiger partial charge in [-0.2, -0.15) is 8.78 Å². The number of hydrogen-bond acceptors (Lipinski definition) is 5. The first-order valence-corrected chi connectivity index (χ1v) is 10.9. The Morgan fingerprint density at radius 3 is 2.52 bits per heavy atom. The Hall–Kier alpha value is -2.19. The molecule has 158 valence electrons. The standard InChI is InChI=1S/C21H25F2NO4S/c1-15-7-8-18(27-2)16(13-15)21(9-11-28-12-10-21)14-24-17-5-3-4-6-19(17)29(25,26)20(22)23/h3-8,13,20,24H,9-12,14H2,1-2H3. The maximum Gasteiger partial charge on any atom is 0.341 e. The van der Waals surface area contributed by atoms with Crippen LogP contribution in [-0.2, 0) is 20.0 Å². The Labute approximate surface area is 170 Å². The van der Waals surface area contributed by atoms with Crippen LogP contribution < -0.4 is 10.1 Å². The molecule has 0 spiro atoms. The predicted molar refractivity (Wildman–Crippen MR) is 108 cm³/mol. The summed E-state index contributed by atoms with van der Waals surface area (Å²) in [5, 5.41) is 3.13. The second-order valence-electron chi connectivity index (χ2n) is 7.25. The third-order valence-corrected chi connectivity index (χ3v) is 6.86. The fourth-order valence-corrected chi connectivity index (χ4v) is 4.67. The van der Waals surface area contributed by atoms with Crippen molar-refractivity contribution < 1.29 is 26.7 Å². The highest BCUT2D eigenvalue weighted by Gasteiger charge is 2.37. The van der Waals surface area contributed by atoms with Gasteiger partial charge in [-0.15, -0.1) is 0 Å². The number of methoxy groups -OCH3 is 1. The minimum absolute atomic E-state index is 0.172. The van der Waals surface area contributed by atoms with Gasteiger partial charge in [-0.3, -0.25) is 0 Å². The van der Waals surface area contributed by atoms with Crippen molar-refractivity contribution in [2.24, 2.45) is 0 Å². The third-order valence-electron chi connectivity index (χ3n) is 5.42. The molecule has 1 aliphatic rings. The van der Waals surface area contributed by atoms with Crippen molar-refractivity contribution in [2.45, 2.75) is 35.8 Å². The topological polar surface area (TPSA) is 64.6 Å². The number of hydrogen-bond donors (Lipinski definition) is 1. The first-order chi connectivity index (χ1) is 13.8. The lowest BCUT2D eigenvalue weighted by molar-refractivity contribution is 0.0535. The van der Waals surface area contributed by atoms with Crippen molar-refractivity contribution in [1.82, 2.24) is 0 Å². The van der Waals surface area contributed by atoms with Gasteiger partial charge in [-0.25, -0.2) is 8.42 Å². The lowest BCUT2D eigenvalue weighted by Gasteiger charge is -2.39. The molecule has 0 atom stereocenters. The SMILES string of the molecule is COc1ccc(C)cc1C1(CNc2ccccc2S(=O)(=O)C(F)F)CCOCC1. The molecule has 0 saturated carbocycles. The van der Waals surface area contributed by atoms with Gasteiger partial charge in [-0.1, -0.05) is 29.8 Å². The molecule has 1 fully saturated rings. The Morgan fingerprint density at radius 1 is 1.17 bits per heavy atom. The van der Waals surface area contributed by atoms with E-state index in [0.717, 1.165) is 16.9 Å². The molecule has 1 aliphatic heterocycles. The van der Waals surface area contributed by atoms with Gasteiger partial charge in [0.05, 0.1) is 17.7 Å². The Bertz CT molecular complexity index is 957. The summed E-state index contributed by atoms with van der Waals surface area (Å²) in [7, 11) is -3.10. The van der Waals surface area contributed by atoms with Gasteiger partial charge in [0.2, 0.25) is 9.84 Å². The van der Waals surface area contributed by atoms with Crippen LogP contribution in [0, 0.1) is 6.92 Å². The zero-order chi connectivity index (χ0) is 21.1. The van der Waals surface area contributed by atoms with E-state index in [2.05, 4.69) is 11.4 Å². The molecule has 29 heavy (non-hydrogen) atoms. The quantitative estimate of drug-likeness (QED) is 0.722. The minimum Gasteiger partial charge on any atom is -0.496 e. The zero-order valence-corrected chi connectivity index (χ0v) is 17.3. The van der Waals surface area contributed by atoms with E-state index in [0.29, 0.717) is 32.6 Å². The van der Waals surface area contributed by atoms with Crippen LogP contribution in [0.2, 0.25) is 0 Å². The van der Waals surface area contributed by atoms with Crippen LogP contribution in [0.3, 0.4) is 0 Å². The first-order valence-electron chi connectivity index (χ1n) is 9.38. The number of halogens is 2. The van der Waals surface area contributed by atoms with Gasteiger partial charge in [0.15, 0.2) is 0 Å². The van der Waals surface area contributed by atoms with E-state index in [1.54, 1.807) is 13.2 Å². The smallest absolute Gasteiger partial charge is 0.341 e. The van der Waals surface area contributed by atoms with Crippen LogP contribution in [-0.4, -0.2) is 41.0 Å². The highest BCUT2D eigenvalue weighted by Crippen LogP contribution is 2.41. The number of anilines is 1. The average Bonchev–Trinajstić information content (AvgIpc) is 2.73. The number of nitrogens with one attached hydrogen (secondary N) is 1. The van der Waals surface area contributed by atoms with E-state index in [4.69, 9.17) is 9.47 Å². The van der Waals surface area contributed by atoms with E-state index in [1.807, 2.05) is 19.1 Å². The number of alkyl halides is 2. The van der Waals surface area contributed by atoms with Crippen molar-refractivity contribution in [3.63, 3.8) is 0 Å². The summed E-state index contributed by atoms with van der Waals surface area (Å²) < 4.78 is 61.5. The molecule has 0 unspecified atom stereocenters. The van der Waals surface area contributed by atoms with E-state index >= 15 is 0 Å². The Morgan fingerprint density at radius 2 is 1.86 bits per heavy atom. The summed E-state index contributed by atoms with van der Waals surface area (Å²) in [6, 6.07) is 11.7. The van der Waals surface area contributed by atoms with E-state index in [-0.39, 0.29) is 11.1 Å². The fraction of sp³-hybridized carbons (Fsp3) is 0.429. The van der Waals surface area contributed by atoms with Gasteiger partial charge in [0.25, 0.3) is 0 Å². The number of benzene rings is 2. The number of rotatable bonds is 7. The predicted octanol–water partition coefficient (Wildman–Crippen LogP) is 4.16. The number of ether oxygens (including phenoxy) is 2. The van der Waals surface area contributed by atoms with E-state index in [9.17, 15) is 17.2 Å². The molecule has 3 rings (SSSR count). The molecule has 1 heterocycles. The summed E-state index contributed by atoms with van der Waals surface area (Å²) in [6.45, 7) is 3.46. The van der Waals surface area contributed by atoms with Crippen molar-refractivity contribution in [3.05, 3.63) is 53.6 Å². The van der Waals surface area contributed by atoms with E-state index < -0.39 is 20.5 Å². The van der Waals surface area contributed by atoms with Crippen LogP contribution in [0.25, 0.3) is 0 Å². The average molecular weight is 425 g/mol. The number of para-hydroxylation sites is 1. The summed E-state index contributed by atoms with van der Waals surface area (Å²) in [6.07, 6.45) is 1.40. The Balaban J connectivity index is 1.98. The summed E-state index contributed by atoms with van der Waals surface area (Å²) in [4.78, 5) is -0.395. The maximum absolute atomic E-state index is 13.1. The Kier molecular flexibility index (Phi) is 6.43. The summed E-state index contributed by atoms with van der Waals surface area (Å²) in [5.74, 6) is -2.73. The second kappa shape index (κ2) is 8.67. The highest BCUT2D eigenvalue weighted by molar-refractivity contribution is 7.91. The molecule has 1 saturated heterocycles. The third kappa shape index (κ3) is 4.38. The lowest BCUT2D eigenvalue weighted by atomic mass is 9.73. The van der Waals surface area contributed by atoms with Crippen molar-refractivity contribution in [1.29, 1.82) is 0 Å². The van der Waals surface area contributed by atoms with Crippen molar-refractivity contribution >= 4 is 15.5 Å². The molecule has 0 aliphatic carbocycles. The summed E-state index contributed by atoms with van der Waals surface area (Å²) >= 11 is 0.